The van der Waals surface area contributed by atoms with Crippen LogP contribution in [0.1, 0.15) is 33.3 Å². The molecule has 4 rings (SSSR count). The van der Waals surface area contributed by atoms with E-state index < -0.39 is 59.6 Å². The van der Waals surface area contributed by atoms with E-state index in [2.05, 4.69) is 4.99 Å². The molecule has 5 atom stereocenters. The van der Waals surface area contributed by atoms with Crippen LogP contribution >= 0.6 is 23.4 Å². The number of hydrogen-bond acceptors (Lipinski definition) is 12. The Hall–Kier alpha value is -4.20. The summed E-state index contributed by atoms with van der Waals surface area (Å²) < 4.78 is 27.9. The minimum absolute atomic E-state index is 0.0649. The van der Waals surface area contributed by atoms with Gasteiger partial charge in [0.15, 0.2) is 28.9 Å². The van der Waals surface area contributed by atoms with E-state index in [1.165, 1.54) is 11.8 Å². The average molecular weight is 645 g/mol. The Balaban J connectivity index is 1.79. The Bertz CT molecular complexity index is 1500. The minimum Gasteiger partial charge on any atom is -0.463 e. The van der Waals surface area contributed by atoms with Crippen LogP contribution in [0, 0.1) is 0 Å². The largest absolute Gasteiger partial charge is 0.463 e. The van der Waals surface area contributed by atoms with Crippen LogP contribution < -0.4 is 4.90 Å². The van der Waals surface area contributed by atoms with Crippen molar-refractivity contribution in [3.05, 3.63) is 70.9 Å². The maximum absolute atomic E-state index is 13.7. The lowest BCUT2D eigenvalue weighted by atomic mass is 9.99. The van der Waals surface area contributed by atoms with E-state index in [-0.39, 0.29) is 17.5 Å². The third-order valence-electron chi connectivity index (χ3n) is 6.21. The van der Waals surface area contributed by atoms with Gasteiger partial charge in [-0.25, -0.2) is 4.99 Å². The average Bonchev–Trinajstić information content (AvgIpc) is 3.25. The summed E-state index contributed by atoms with van der Waals surface area (Å²) in [6, 6.07) is 15.6. The standard InChI is InChI=1S/C30H29ClN2O10S/c1-16(34)39-15-24-25(40-17(2)35)26(41-18(3)36)27(42-19(4)37)29(43-24)44-30-32-23(14-20-10-8-9-13-22(20)31)28(38)33(30)21-11-6-5-7-12-21/h5-14,24-27,29H,15H2,1-4H3/b23-14-/t24-,25-,26+,27-,29?/m1/s1. The first-order chi connectivity index (χ1) is 20.9. The van der Waals surface area contributed by atoms with Crippen molar-refractivity contribution in [1.29, 1.82) is 0 Å². The van der Waals surface area contributed by atoms with Gasteiger partial charge in [-0.3, -0.25) is 28.9 Å². The highest BCUT2D eigenvalue weighted by Gasteiger charge is 2.53. The number of hydrogen-bond donors (Lipinski definition) is 0. The number of para-hydroxylation sites is 1. The molecule has 232 valence electrons. The molecular weight excluding hydrogens is 616 g/mol. The summed E-state index contributed by atoms with van der Waals surface area (Å²) in [5.74, 6) is -3.35. The highest BCUT2D eigenvalue weighted by molar-refractivity contribution is 8.14. The molecule has 0 saturated carbocycles. The molecule has 0 aliphatic carbocycles. The van der Waals surface area contributed by atoms with Gasteiger partial charge in [0, 0.05) is 32.7 Å². The number of amidine groups is 1. The zero-order valence-corrected chi connectivity index (χ0v) is 25.7. The van der Waals surface area contributed by atoms with Gasteiger partial charge in [0.05, 0.1) is 5.69 Å². The van der Waals surface area contributed by atoms with Gasteiger partial charge >= 0.3 is 23.9 Å². The SMILES string of the molecule is CC(=O)OC[C@H]1OC(SC2=N/C(=C\c3ccccc3Cl)C(=O)N2c2ccccc2)[C@H](OC(C)=O)[C@@H](OC(C)=O)[C@@H]1OC(C)=O. The van der Waals surface area contributed by atoms with Crippen molar-refractivity contribution >= 4 is 70.1 Å². The van der Waals surface area contributed by atoms with Crippen molar-refractivity contribution in [2.75, 3.05) is 11.5 Å². The molecule has 2 aromatic carbocycles. The summed E-state index contributed by atoms with van der Waals surface area (Å²) in [4.78, 5) is 67.8. The normalized spacial score (nSPS) is 24.0. The predicted molar refractivity (Wildman–Crippen MR) is 160 cm³/mol. The van der Waals surface area contributed by atoms with Crippen LogP contribution in [-0.4, -0.2) is 71.4 Å². The van der Waals surface area contributed by atoms with Crippen LogP contribution in [0.5, 0.6) is 0 Å². The number of carbonyl (C=O) groups is 5. The monoisotopic (exact) mass is 644 g/mol. The van der Waals surface area contributed by atoms with Crippen molar-refractivity contribution in [2.45, 2.75) is 57.5 Å². The van der Waals surface area contributed by atoms with E-state index in [4.69, 9.17) is 35.3 Å². The molecule has 1 fully saturated rings. The molecule has 0 spiro atoms. The predicted octanol–water partition coefficient (Wildman–Crippen LogP) is 3.90. The molecule has 12 nitrogen and oxygen atoms in total. The Morgan fingerprint density at radius 1 is 0.864 bits per heavy atom. The Kier molecular flexibility index (Phi) is 10.8. The zero-order valence-electron chi connectivity index (χ0n) is 24.1. The number of nitrogens with zero attached hydrogens (tertiary/aromatic N) is 2. The van der Waals surface area contributed by atoms with E-state index in [9.17, 15) is 24.0 Å². The third-order valence-corrected chi connectivity index (χ3v) is 7.65. The molecule has 2 aliphatic rings. The van der Waals surface area contributed by atoms with Gasteiger partial charge in [-0.15, -0.1) is 0 Å². The summed E-state index contributed by atoms with van der Waals surface area (Å²) in [7, 11) is 0. The smallest absolute Gasteiger partial charge is 0.303 e. The van der Waals surface area contributed by atoms with Gasteiger partial charge in [0.2, 0.25) is 0 Å². The van der Waals surface area contributed by atoms with E-state index in [0.29, 0.717) is 16.3 Å². The van der Waals surface area contributed by atoms with Crippen molar-refractivity contribution in [3.8, 4) is 0 Å². The highest BCUT2D eigenvalue weighted by atomic mass is 35.5. The van der Waals surface area contributed by atoms with Gasteiger partial charge in [-0.05, 0) is 29.8 Å². The lowest BCUT2D eigenvalue weighted by molar-refractivity contribution is -0.237. The van der Waals surface area contributed by atoms with Crippen LogP contribution in [0.15, 0.2) is 65.3 Å². The third kappa shape index (κ3) is 8.04. The van der Waals surface area contributed by atoms with Crippen molar-refractivity contribution in [3.63, 3.8) is 0 Å². The topological polar surface area (TPSA) is 147 Å². The number of carbonyl (C=O) groups excluding carboxylic acids is 5. The molecule has 44 heavy (non-hydrogen) atoms. The van der Waals surface area contributed by atoms with Crippen molar-refractivity contribution in [2.24, 2.45) is 4.99 Å². The molecule has 0 radical (unpaired) electrons. The molecule has 2 aliphatic heterocycles. The van der Waals surface area contributed by atoms with Crippen LogP contribution in [0.25, 0.3) is 6.08 Å². The van der Waals surface area contributed by atoms with E-state index in [1.807, 2.05) is 0 Å². The van der Waals surface area contributed by atoms with Gasteiger partial charge in [-0.1, -0.05) is 59.8 Å². The highest BCUT2D eigenvalue weighted by Crippen LogP contribution is 2.39. The Labute approximate surface area is 262 Å². The van der Waals surface area contributed by atoms with Gasteiger partial charge in [0.25, 0.3) is 5.91 Å². The molecule has 0 bridgehead atoms. The number of halogens is 1. The number of benzene rings is 2. The summed E-state index contributed by atoms with van der Waals surface area (Å²) in [6.45, 7) is 4.22. The second-order valence-electron chi connectivity index (χ2n) is 9.61. The van der Waals surface area contributed by atoms with Crippen LogP contribution in [0.2, 0.25) is 5.02 Å². The molecule has 14 heteroatoms. The van der Waals surface area contributed by atoms with Crippen molar-refractivity contribution < 1.29 is 47.7 Å². The fraction of sp³-hybridized carbons (Fsp3) is 0.333. The summed E-state index contributed by atoms with van der Waals surface area (Å²) >= 11 is 7.24. The van der Waals surface area contributed by atoms with Gasteiger partial charge < -0.3 is 23.7 Å². The molecule has 0 aromatic heterocycles. The Morgan fingerprint density at radius 3 is 2.07 bits per heavy atom. The number of ether oxygens (including phenoxy) is 5. The summed E-state index contributed by atoms with van der Waals surface area (Å²) in [5, 5.41) is 0.551. The first kappa shape index (κ1) is 32.7. The number of anilines is 1. The molecule has 1 unspecified atom stereocenters. The molecule has 1 saturated heterocycles. The van der Waals surface area contributed by atoms with Crippen LogP contribution in [0.4, 0.5) is 5.69 Å². The first-order valence-electron chi connectivity index (χ1n) is 13.4. The Morgan fingerprint density at radius 2 is 1.45 bits per heavy atom. The minimum atomic E-state index is -1.37. The summed E-state index contributed by atoms with van der Waals surface area (Å²) in [6.07, 6.45) is -3.64. The van der Waals surface area contributed by atoms with E-state index in [0.717, 1.165) is 32.5 Å². The second kappa shape index (κ2) is 14.5. The molecular formula is C30H29ClN2O10S. The number of rotatable bonds is 8. The second-order valence-corrected chi connectivity index (χ2v) is 11.1. The molecule has 2 heterocycles. The van der Waals surface area contributed by atoms with Gasteiger partial charge in [-0.2, -0.15) is 0 Å². The maximum Gasteiger partial charge on any atom is 0.303 e. The fourth-order valence-electron chi connectivity index (χ4n) is 4.51. The first-order valence-corrected chi connectivity index (χ1v) is 14.6. The van der Waals surface area contributed by atoms with Crippen molar-refractivity contribution in [1.82, 2.24) is 0 Å². The maximum atomic E-state index is 13.7. The molecule has 1 amide bonds. The fourth-order valence-corrected chi connectivity index (χ4v) is 5.89. The van der Waals surface area contributed by atoms with Crippen LogP contribution in [-0.2, 0) is 47.7 Å². The van der Waals surface area contributed by atoms with E-state index >= 15 is 0 Å². The number of esters is 4. The number of thioether (sulfide) groups is 1. The molecule has 2 aromatic rings. The lowest BCUT2D eigenvalue weighted by Crippen LogP contribution is -2.61. The lowest BCUT2D eigenvalue weighted by Gasteiger charge is -2.44. The molecule has 0 N–H and O–H groups in total. The van der Waals surface area contributed by atoms with E-state index in [1.54, 1.807) is 60.7 Å². The van der Waals surface area contributed by atoms with Gasteiger partial charge in [0.1, 0.15) is 18.4 Å². The quantitative estimate of drug-likeness (QED) is 0.234. The zero-order chi connectivity index (χ0) is 32.0. The summed E-state index contributed by atoms with van der Waals surface area (Å²) in [5.41, 5.74) is -0.0760. The number of amides is 1. The number of aliphatic imine (C=N–C) groups is 1. The van der Waals surface area contributed by atoms with Crippen LogP contribution in [0.3, 0.4) is 0 Å².